The van der Waals surface area contributed by atoms with Crippen molar-refractivity contribution in [2.45, 2.75) is 38.8 Å². The molecule has 0 aliphatic carbocycles. The molecule has 4 heteroatoms. The number of pyridine rings is 1. The van der Waals surface area contributed by atoms with Crippen LogP contribution in [0.15, 0.2) is 40.9 Å². The zero-order valence-electron chi connectivity index (χ0n) is 12.7. The zero-order chi connectivity index (χ0) is 14.7. The SMILES string of the molecule is CCc1ccc([C@H](C)N[C@@H]2CCN(c3ccccn3)C2)o1. The molecule has 2 aromatic heterocycles. The van der Waals surface area contributed by atoms with Crippen LogP contribution in [0.1, 0.15) is 37.8 Å². The fraction of sp³-hybridized carbons (Fsp3) is 0.471. The molecule has 1 fully saturated rings. The van der Waals surface area contributed by atoms with Crippen molar-refractivity contribution in [3.05, 3.63) is 48.0 Å². The van der Waals surface area contributed by atoms with Crippen molar-refractivity contribution in [2.75, 3.05) is 18.0 Å². The van der Waals surface area contributed by atoms with Crippen LogP contribution in [-0.4, -0.2) is 24.1 Å². The summed E-state index contributed by atoms with van der Waals surface area (Å²) in [5.74, 6) is 3.16. The summed E-state index contributed by atoms with van der Waals surface area (Å²) in [5.41, 5.74) is 0. The maximum Gasteiger partial charge on any atom is 0.128 e. The first-order valence-corrected chi connectivity index (χ1v) is 7.77. The molecule has 0 spiro atoms. The fourth-order valence-electron chi connectivity index (χ4n) is 2.90. The Balaban J connectivity index is 1.57. The molecule has 1 N–H and O–H groups in total. The molecule has 2 atom stereocenters. The van der Waals surface area contributed by atoms with E-state index in [2.05, 4.69) is 47.2 Å². The number of furan rings is 1. The molecule has 112 valence electrons. The van der Waals surface area contributed by atoms with Gasteiger partial charge in [0.2, 0.25) is 0 Å². The third-order valence-electron chi connectivity index (χ3n) is 4.10. The Bertz CT molecular complexity index is 566. The number of aryl methyl sites for hydroxylation is 1. The Morgan fingerprint density at radius 1 is 1.38 bits per heavy atom. The molecule has 0 radical (unpaired) electrons. The highest BCUT2D eigenvalue weighted by Crippen LogP contribution is 2.21. The van der Waals surface area contributed by atoms with E-state index in [1.807, 2.05) is 18.3 Å². The summed E-state index contributed by atoms with van der Waals surface area (Å²) in [7, 11) is 0. The molecule has 3 heterocycles. The van der Waals surface area contributed by atoms with Gasteiger partial charge in [0.15, 0.2) is 0 Å². The van der Waals surface area contributed by atoms with Gasteiger partial charge in [-0.15, -0.1) is 0 Å². The lowest BCUT2D eigenvalue weighted by atomic mass is 10.2. The normalized spacial score (nSPS) is 19.9. The van der Waals surface area contributed by atoms with E-state index in [0.717, 1.165) is 43.3 Å². The summed E-state index contributed by atoms with van der Waals surface area (Å²) in [4.78, 5) is 6.76. The van der Waals surface area contributed by atoms with Gasteiger partial charge in [-0.3, -0.25) is 0 Å². The first-order chi connectivity index (χ1) is 10.3. The minimum atomic E-state index is 0.249. The van der Waals surface area contributed by atoms with E-state index < -0.39 is 0 Å². The van der Waals surface area contributed by atoms with Crippen LogP contribution in [0.4, 0.5) is 5.82 Å². The molecule has 4 nitrogen and oxygen atoms in total. The average Bonchev–Trinajstić information content (AvgIpc) is 3.17. The van der Waals surface area contributed by atoms with E-state index in [9.17, 15) is 0 Å². The molecule has 21 heavy (non-hydrogen) atoms. The van der Waals surface area contributed by atoms with Gasteiger partial charge in [0.05, 0.1) is 6.04 Å². The van der Waals surface area contributed by atoms with E-state index in [1.165, 1.54) is 0 Å². The van der Waals surface area contributed by atoms with E-state index in [4.69, 9.17) is 4.42 Å². The molecule has 0 bridgehead atoms. The van der Waals surface area contributed by atoms with Gasteiger partial charge in [0.25, 0.3) is 0 Å². The van der Waals surface area contributed by atoms with Gasteiger partial charge >= 0.3 is 0 Å². The molecular weight excluding hydrogens is 262 g/mol. The summed E-state index contributed by atoms with van der Waals surface area (Å²) in [6, 6.07) is 11.0. The highest BCUT2D eigenvalue weighted by atomic mass is 16.3. The number of anilines is 1. The minimum absolute atomic E-state index is 0.249. The molecule has 0 saturated carbocycles. The number of hydrogen-bond donors (Lipinski definition) is 1. The average molecular weight is 285 g/mol. The van der Waals surface area contributed by atoms with Gasteiger partial charge < -0.3 is 14.6 Å². The molecule has 0 unspecified atom stereocenters. The van der Waals surface area contributed by atoms with Crippen molar-refractivity contribution >= 4 is 5.82 Å². The van der Waals surface area contributed by atoms with E-state index >= 15 is 0 Å². The Labute approximate surface area is 126 Å². The van der Waals surface area contributed by atoms with Crippen LogP contribution in [0.3, 0.4) is 0 Å². The van der Waals surface area contributed by atoms with Crippen molar-refractivity contribution in [3.63, 3.8) is 0 Å². The first kappa shape index (κ1) is 14.1. The van der Waals surface area contributed by atoms with Crippen LogP contribution in [0.25, 0.3) is 0 Å². The maximum absolute atomic E-state index is 5.83. The minimum Gasteiger partial charge on any atom is -0.464 e. The first-order valence-electron chi connectivity index (χ1n) is 7.77. The van der Waals surface area contributed by atoms with Crippen LogP contribution in [0.2, 0.25) is 0 Å². The summed E-state index contributed by atoms with van der Waals surface area (Å²) < 4.78 is 5.83. The van der Waals surface area contributed by atoms with Crippen LogP contribution < -0.4 is 10.2 Å². The van der Waals surface area contributed by atoms with Gasteiger partial charge in [-0.25, -0.2) is 4.98 Å². The second-order valence-corrected chi connectivity index (χ2v) is 5.67. The molecule has 1 saturated heterocycles. The lowest BCUT2D eigenvalue weighted by Gasteiger charge is -2.20. The fourth-order valence-corrected chi connectivity index (χ4v) is 2.90. The lowest BCUT2D eigenvalue weighted by Crippen LogP contribution is -2.34. The number of nitrogens with zero attached hydrogens (tertiary/aromatic N) is 2. The number of nitrogens with one attached hydrogen (secondary N) is 1. The number of aromatic nitrogens is 1. The summed E-state index contributed by atoms with van der Waals surface area (Å²) in [5, 5.41) is 3.67. The summed E-state index contributed by atoms with van der Waals surface area (Å²) in [6.45, 7) is 6.34. The van der Waals surface area contributed by atoms with Crippen molar-refractivity contribution in [1.82, 2.24) is 10.3 Å². The molecule has 2 aromatic rings. The van der Waals surface area contributed by atoms with Gasteiger partial charge in [-0.05, 0) is 37.6 Å². The standard InChI is InChI=1S/C17H23N3O/c1-3-15-7-8-16(21-15)13(2)19-14-9-11-20(12-14)17-6-4-5-10-18-17/h4-8,10,13-14,19H,3,9,11-12H2,1-2H3/t13-,14+/m0/s1. The Hall–Kier alpha value is -1.81. The van der Waals surface area contributed by atoms with Gasteiger partial charge in [0.1, 0.15) is 17.3 Å². The van der Waals surface area contributed by atoms with Crippen molar-refractivity contribution in [2.24, 2.45) is 0 Å². The van der Waals surface area contributed by atoms with E-state index in [1.54, 1.807) is 0 Å². The molecular formula is C17H23N3O. The Kier molecular flexibility index (Phi) is 4.25. The largest absolute Gasteiger partial charge is 0.464 e. The summed E-state index contributed by atoms with van der Waals surface area (Å²) >= 11 is 0. The Morgan fingerprint density at radius 2 is 2.29 bits per heavy atom. The Morgan fingerprint density at radius 3 is 3.00 bits per heavy atom. The predicted molar refractivity (Wildman–Crippen MR) is 84.5 cm³/mol. The van der Waals surface area contributed by atoms with E-state index in [0.29, 0.717) is 6.04 Å². The van der Waals surface area contributed by atoms with Gasteiger partial charge in [0, 0.05) is 31.7 Å². The van der Waals surface area contributed by atoms with Crippen LogP contribution >= 0.6 is 0 Å². The van der Waals surface area contributed by atoms with E-state index in [-0.39, 0.29) is 6.04 Å². The number of rotatable bonds is 5. The molecule has 1 aliphatic heterocycles. The second-order valence-electron chi connectivity index (χ2n) is 5.67. The topological polar surface area (TPSA) is 41.3 Å². The smallest absolute Gasteiger partial charge is 0.128 e. The van der Waals surface area contributed by atoms with Gasteiger partial charge in [-0.1, -0.05) is 13.0 Å². The predicted octanol–water partition coefficient (Wildman–Crippen LogP) is 3.17. The maximum atomic E-state index is 5.83. The highest BCUT2D eigenvalue weighted by molar-refractivity contribution is 5.39. The van der Waals surface area contributed by atoms with Crippen molar-refractivity contribution < 1.29 is 4.42 Å². The monoisotopic (exact) mass is 285 g/mol. The molecule has 1 aliphatic rings. The third-order valence-corrected chi connectivity index (χ3v) is 4.10. The molecule has 3 rings (SSSR count). The second kappa shape index (κ2) is 6.31. The zero-order valence-corrected chi connectivity index (χ0v) is 12.7. The van der Waals surface area contributed by atoms with Crippen LogP contribution in [0.5, 0.6) is 0 Å². The van der Waals surface area contributed by atoms with Crippen molar-refractivity contribution in [3.8, 4) is 0 Å². The van der Waals surface area contributed by atoms with Crippen LogP contribution in [0, 0.1) is 0 Å². The lowest BCUT2D eigenvalue weighted by molar-refractivity contribution is 0.384. The third kappa shape index (κ3) is 3.27. The number of hydrogen-bond acceptors (Lipinski definition) is 4. The van der Waals surface area contributed by atoms with Crippen LogP contribution in [-0.2, 0) is 6.42 Å². The molecule has 0 aromatic carbocycles. The molecule has 0 amide bonds. The van der Waals surface area contributed by atoms with Gasteiger partial charge in [-0.2, -0.15) is 0 Å². The summed E-state index contributed by atoms with van der Waals surface area (Å²) in [6.07, 6.45) is 3.94. The van der Waals surface area contributed by atoms with Crippen molar-refractivity contribution in [1.29, 1.82) is 0 Å². The highest BCUT2D eigenvalue weighted by Gasteiger charge is 2.25. The quantitative estimate of drug-likeness (QED) is 0.916.